The van der Waals surface area contributed by atoms with E-state index in [0.717, 1.165) is 37.0 Å². The number of pyridine rings is 1. The Bertz CT molecular complexity index is 489. The number of aromatic nitrogens is 3. The highest BCUT2D eigenvalue weighted by atomic mass is 32.1. The summed E-state index contributed by atoms with van der Waals surface area (Å²) in [7, 11) is 0. The molecule has 2 aromatic heterocycles. The van der Waals surface area contributed by atoms with Gasteiger partial charge in [0.15, 0.2) is 0 Å². The number of anilines is 3. The van der Waals surface area contributed by atoms with E-state index >= 15 is 0 Å². The lowest BCUT2D eigenvalue weighted by atomic mass is 10.3. The summed E-state index contributed by atoms with van der Waals surface area (Å²) >= 11 is 1.45. The third-order valence-corrected chi connectivity index (χ3v) is 3.76. The Balaban J connectivity index is 1.65. The second kappa shape index (κ2) is 4.77. The fourth-order valence-corrected chi connectivity index (χ4v) is 2.63. The van der Waals surface area contributed by atoms with Crippen molar-refractivity contribution in [3.05, 3.63) is 24.7 Å². The molecule has 1 aliphatic rings. The highest BCUT2D eigenvalue weighted by molar-refractivity contribution is 7.09. The smallest absolute Gasteiger partial charge is 0.205 e. The number of hydrogen-bond acceptors (Lipinski definition) is 7. The van der Waals surface area contributed by atoms with Gasteiger partial charge in [0.2, 0.25) is 5.13 Å². The fourth-order valence-electron chi connectivity index (χ4n) is 2.05. The average Bonchev–Trinajstić information content (AvgIpc) is 2.94. The molecule has 94 valence electrons. The van der Waals surface area contributed by atoms with Gasteiger partial charge < -0.3 is 15.5 Å². The van der Waals surface area contributed by atoms with Gasteiger partial charge in [-0.15, -0.1) is 0 Å². The number of hydrogen-bond donors (Lipinski definition) is 1. The minimum Gasteiger partial charge on any atom is -0.384 e. The lowest BCUT2D eigenvalue weighted by molar-refractivity contribution is 0.651. The topological polar surface area (TPSA) is 71.2 Å². The Kier molecular flexibility index (Phi) is 2.97. The first-order valence-electron chi connectivity index (χ1n) is 5.81. The second-order valence-corrected chi connectivity index (χ2v) is 4.90. The molecule has 1 fully saturated rings. The van der Waals surface area contributed by atoms with Crippen molar-refractivity contribution in [1.82, 2.24) is 14.3 Å². The van der Waals surface area contributed by atoms with Crippen molar-refractivity contribution in [1.29, 1.82) is 0 Å². The van der Waals surface area contributed by atoms with E-state index in [9.17, 15) is 0 Å². The van der Waals surface area contributed by atoms with Gasteiger partial charge in [-0.05, 0) is 12.1 Å². The first-order valence-corrected chi connectivity index (χ1v) is 6.58. The maximum Gasteiger partial charge on any atom is 0.205 e. The van der Waals surface area contributed by atoms with Gasteiger partial charge in [-0.25, -0.2) is 9.97 Å². The van der Waals surface area contributed by atoms with Crippen molar-refractivity contribution in [3.63, 3.8) is 0 Å². The molecule has 1 saturated heterocycles. The Morgan fingerprint density at radius 3 is 2.44 bits per heavy atom. The maximum atomic E-state index is 5.59. The molecule has 0 unspecified atom stereocenters. The van der Waals surface area contributed by atoms with Gasteiger partial charge in [0.25, 0.3) is 0 Å². The Morgan fingerprint density at radius 2 is 1.83 bits per heavy atom. The second-order valence-electron chi connectivity index (χ2n) is 4.14. The summed E-state index contributed by atoms with van der Waals surface area (Å²) in [6, 6.07) is 3.86. The summed E-state index contributed by atoms with van der Waals surface area (Å²) in [5.74, 6) is 0.561. The summed E-state index contributed by atoms with van der Waals surface area (Å²) in [6.45, 7) is 3.84. The van der Waals surface area contributed by atoms with Gasteiger partial charge in [-0.2, -0.15) is 4.37 Å². The molecule has 0 amide bonds. The minimum absolute atomic E-state index is 0.561. The van der Waals surface area contributed by atoms with Gasteiger partial charge >= 0.3 is 0 Å². The van der Waals surface area contributed by atoms with E-state index in [4.69, 9.17) is 5.73 Å². The predicted molar refractivity (Wildman–Crippen MR) is 73.0 cm³/mol. The van der Waals surface area contributed by atoms with Crippen LogP contribution in [0, 0.1) is 0 Å². The van der Waals surface area contributed by atoms with Crippen LogP contribution in [0.15, 0.2) is 24.7 Å². The highest BCUT2D eigenvalue weighted by Crippen LogP contribution is 2.20. The van der Waals surface area contributed by atoms with Gasteiger partial charge in [-0.1, -0.05) is 0 Å². The third-order valence-electron chi connectivity index (χ3n) is 3.04. The number of nitrogens with zero attached hydrogens (tertiary/aromatic N) is 5. The number of rotatable bonds is 2. The summed E-state index contributed by atoms with van der Waals surface area (Å²) in [5, 5.41) is 1.00. The minimum atomic E-state index is 0.561. The Labute approximate surface area is 109 Å². The third kappa shape index (κ3) is 2.21. The summed E-state index contributed by atoms with van der Waals surface area (Å²) in [5.41, 5.74) is 6.72. The normalized spacial score (nSPS) is 16.0. The van der Waals surface area contributed by atoms with Crippen LogP contribution in [0.5, 0.6) is 0 Å². The van der Waals surface area contributed by atoms with E-state index in [1.54, 1.807) is 6.33 Å². The molecule has 0 bridgehead atoms. The van der Waals surface area contributed by atoms with E-state index in [2.05, 4.69) is 24.1 Å². The SMILES string of the molecule is Nc1ccc(N2CCN(c3ncns3)CC2)cn1. The Morgan fingerprint density at radius 1 is 1.06 bits per heavy atom. The molecule has 6 nitrogen and oxygen atoms in total. The van der Waals surface area contributed by atoms with Crippen LogP contribution in [0.1, 0.15) is 0 Å². The number of nitrogens with two attached hydrogens (primary N) is 1. The van der Waals surface area contributed by atoms with Crippen LogP contribution in [0.2, 0.25) is 0 Å². The molecule has 0 saturated carbocycles. The number of nitrogen functional groups attached to an aromatic ring is 1. The summed E-state index contributed by atoms with van der Waals surface area (Å²) in [4.78, 5) is 12.9. The average molecular weight is 262 g/mol. The zero-order valence-corrected chi connectivity index (χ0v) is 10.7. The highest BCUT2D eigenvalue weighted by Gasteiger charge is 2.19. The molecule has 2 N–H and O–H groups in total. The predicted octanol–water partition coefficient (Wildman–Crippen LogP) is 0.842. The van der Waals surface area contributed by atoms with E-state index in [-0.39, 0.29) is 0 Å². The monoisotopic (exact) mass is 262 g/mol. The zero-order valence-electron chi connectivity index (χ0n) is 9.86. The number of piperazine rings is 1. The molecule has 0 aromatic carbocycles. The van der Waals surface area contributed by atoms with Gasteiger partial charge in [0.1, 0.15) is 12.1 Å². The molecular weight excluding hydrogens is 248 g/mol. The lowest BCUT2D eigenvalue weighted by Gasteiger charge is -2.35. The molecule has 0 atom stereocenters. The van der Waals surface area contributed by atoms with Crippen LogP contribution in [0.25, 0.3) is 0 Å². The largest absolute Gasteiger partial charge is 0.384 e. The van der Waals surface area contributed by atoms with Crippen molar-refractivity contribution >= 4 is 28.2 Å². The molecule has 3 heterocycles. The van der Waals surface area contributed by atoms with Gasteiger partial charge in [0.05, 0.1) is 11.9 Å². The molecule has 0 aliphatic carbocycles. The summed E-state index contributed by atoms with van der Waals surface area (Å²) < 4.78 is 4.04. The lowest BCUT2D eigenvalue weighted by Crippen LogP contribution is -2.46. The van der Waals surface area contributed by atoms with Crippen LogP contribution in [-0.2, 0) is 0 Å². The van der Waals surface area contributed by atoms with Crippen molar-refractivity contribution in [3.8, 4) is 0 Å². The molecule has 2 aromatic rings. The van der Waals surface area contributed by atoms with Crippen molar-refractivity contribution in [2.45, 2.75) is 0 Å². The molecule has 0 radical (unpaired) electrons. The van der Waals surface area contributed by atoms with E-state index in [1.165, 1.54) is 11.5 Å². The standard InChI is InChI=1S/C11H14N6S/c12-10-2-1-9(7-13-10)16-3-5-17(6-4-16)11-14-8-15-18-11/h1-2,7-8H,3-6H2,(H2,12,13). The van der Waals surface area contributed by atoms with E-state index in [0.29, 0.717) is 5.82 Å². The Hall–Kier alpha value is -1.89. The van der Waals surface area contributed by atoms with Crippen molar-refractivity contribution in [2.75, 3.05) is 41.7 Å². The zero-order chi connectivity index (χ0) is 12.4. The quantitative estimate of drug-likeness (QED) is 0.865. The van der Waals surface area contributed by atoms with Gasteiger partial charge in [0, 0.05) is 37.7 Å². The van der Waals surface area contributed by atoms with Crippen LogP contribution in [0.3, 0.4) is 0 Å². The maximum absolute atomic E-state index is 5.59. The molecule has 7 heteroatoms. The molecule has 0 spiro atoms. The first kappa shape index (κ1) is 11.2. The molecule has 3 rings (SSSR count). The van der Waals surface area contributed by atoms with Crippen LogP contribution < -0.4 is 15.5 Å². The fraction of sp³-hybridized carbons (Fsp3) is 0.364. The van der Waals surface area contributed by atoms with Crippen molar-refractivity contribution in [2.24, 2.45) is 0 Å². The molecule has 1 aliphatic heterocycles. The molecular formula is C11H14N6S. The van der Waals surface area contributed by atoms with Gasteiger partial charge in [-0.3, -0.25) is 0 Å². The van der Waals surface area contributed by atoms with Crippen LogP contribution in [-0.4, -0.2) is 40.5 Å². The van der Waals surface area contributed by atoms with E-state index < -0.39 is 0 Å². The van der Waals surface area contributed by atoms with Crippen LogP contribution in [0.4, 0.5) is 16.6 Å². The molecule has 18 heavy (non-hydrogen) atoms. The van der Waals surface area contributed by atoms with Crippen LogP contribution >= 0.6 is 11.5 Å². The van der Waals surface area contributed by atoms with E-state index in [1.807, 2.05) is 18.3 Å². The van der Waals surface area contributed by atoms with Crippen molar-refractivity contribution < 1.29 is 0 Å². The first-order chi connectivity index (χ1) is 8.83. The summed E-state index contributed by atoms with van der Waals surface area (Å²) in [6.07, 6.45) is 3.44.